The van der Waals surface area contributed by atoms with Crippen LogP contribution in [0.15, 0.2) is 53.6 Å². The van der Waals surface area contributed by atoms with Gasteiger partial charge < -0.3 is 14.4 Å². The highest BCUT2D eigenvalue weighted by Gasteiger charge is 2.16. The Hall–Kier alpha value is -3.33. The van der Waals surface area contributed by atoms with Crippen LogP contribution in [-0.2, 0) is 24.4 Å². The molecular formula is C20H19F2N3O4. The molecule has 2 aromatic heterocycles. The number of carbonyl (C=O) groups is 1. The molecule has 0 aliphatic rings. The van der Waals surface area contributed by atoms with E-state index in [4.69, 9.17) is 4.74 Å². The average Bonchev–Trinajstić information content (AvgIpc) is 3.08. The molecule has 0 saturated heterocycles. The van der Waals surface area contributed by atoms with E-state index in [9.17, 15) is 23.5 Å². The van der Waals surface area contributed by atoms with Gasteiger partial charge in [-0.3, -0.25) is 9.48 Å². The van der Waals surface area contributed by atoms with E-state index in [1.165, 1.54) is 34.8 Å². The number of pyridine rings is 1. The number of ether oxygens (including phenoxy) is 1. The van der Waals surface area contributed by atoms with Gasteiger partial charge in [0.2, 0.25) is 0 Å². The summed E-state index contributed by atoms with van der Waals surface area (Å²) in [6, 6.07) is 9.75. The van der Waals surface area contributed by atoms with Crippen molar-refractivity contribution in [2.75, 3.05) is 7.11 Å². The Kier molecular flexibility index (Phi) is 6.18. The number of alkyl halides is 2. The summed E-state index contributed by atoms with van der Waals surface area (Å²) < 4.78 is 33.5. The molecule has 9 heteroatoms. The van der Waals surface area contributed by atoms with Crippen molar-refractivity contribution in [2.45, 2.75) is 26.1 Å². The van der Waals surface area contributed by atoms with E-state index in [1.807, 2.05) is 12.1 Å². The van der Waals surface area contributed by atoms with Crippen LogP contribution in [0.2, 0.25) is 0 Å². The van der Waals surface area contributed by atoms with E-state index in [0.29, 0.717) is 12.2 Å². The van der Waals surface area contributed by atoms with E-state index in [2.05, 4.69) is 5.10 Å². The Balaban J connectivity index is 1.75. The fourth-order valence-electron chi connectivity index (χ4n) is 2.94. The maximum absolute atomic E-state index is 12.9. The summed E-state index contributed by atoms with van der Waals surface area (Å²) in [5.41, 5.74) is 0.829. The molecule has 3 rings (SSSR count). The number of aromatic carboxylic acids is 1. The fourth-order valence-corrected chi connectivity index (χ4v) is 2.94. The van der Waals surface area contributed by atoms with E-state index in [1.54, 1.807) is 12.1 Å². The number of halogens is 2. The van der Waals surface area contributed by atoms with Crippen LogP contribution < -0.4 is 5.56 Å². The van der Waals surface area contributed by atoms with Gasteiger partial charge in [0.15, 0.2) is 0 Å². The number of nitrogens with zero attached hydrogens (tertiary/aromatic N) is 3. The molecule has 2 heterocycles. The third-order valence-corrected chi connectivity index (χ3v) is 4.35. The first-order chi connectivity index (χ1) is 13.9. The van der Waals surface area contributed by atoms with Crippen molar-refractivity contribution < 1.29 is 23.4 Å². The quantitative estimate of drug-likeness (QED) is 0.625. The van der Waals surface area contributed by atoms with E-state index in [-0.39, 0.29) is 18.7 Å². The van der Waals surface area contributed by atoms with Crippen LogP contribution >= 0.6 is 0 Å². The second-order valence-corrected chi connectivity index (χ2v) is 6.44. The minimum atomic E-state index is -2.81. The highest BCUT2D eigenvalue weighted by Crippen LogP contribution is 2.15. The second kappa shape index (κ2) is 8.78. The molecule has 3 aromatic rings. The van der Waals surface area contributed by atoms with Crippen molar-refractivity contribution >= 4 is 5.97 Å². The Morgan fingerprint density at radius 1 is 1.17 bits per heavy atom. The third-order valence-electron chi connectivity index (χ3n) is 4.35. The molecule has 0 fully saturated rings. The molecule has 0 unspecified atom stereocenters. The number of benzene rings is 1. The van der Waals surface area contributed by atoms with Gasteiger partial charge >= 0.3 is 5.97 Å². The number of aromatic nitrogens is 3. The predicted molar refractivity (Wildman–Crippen MR) is 100 cm³/mol. The highest BCUT2D eigenvalue weighted by atomic mass is 19.3. The number of rotatable bonds is 8. The first-order valence-corrected chi connectivity index (χ1v) is 8.73. The maximum atomic E-state index is 12.9. The van der Waals surface area contributed by atoms with Gasteiger partial charge in [-0.25, -0.2) is 13.6 Å². The summed E-state index contributed by atoms with van der Waals surface area (Å²) in [5.74, 6) is -1.07. The zero-order valence-electron chi connectivity index (χ0n) is 15.6. The van der Waals surface area contributed by atoms with Crippen LogP contribution in [-0.4, -0.2) is 32.5 Å². The molecule has 152 valence electrons. The number of carboxylic acid groups (broad SMARTS) is 1. The predicted octanol–water partition coefficient (Wildman–Crippen LogP) is 2.92. The van der Waals surface area contributed by atoms with Gasteiger partial charge in [-0.1, -0.05) is 24.3 Å². The normalized spacial score (nSPS) is 11.2. The van der Waals surface area contributed by atoms with Gasteiger partial charge in [0.1, 0.15) is 11.3 Å². The van der Waals surface area contributed by atoms with Crippen LogP contribution in [0.4, 0.5) is 8.78 Å². The summed E-state index contributed by atoms with van der Waals surface area (Å²) in [7, 11) is 1.46. The smallest absolute Gasteiger partial charge is 0.339 e. The minimum Gasteiger partial charge on any atom is -0.478 e. The molecule has 0 bridgehead atoms. The molecule has 0 saturated carbocycles. The van der Waals surface area contributed by atoms with Crippen molar-refractivity contribution in [3.8, 4) is 0 Å². The number of methoxy groups -OCH3 is 1. The molecule has 0 atom stereocenters. The Labute approximate surface area is 164 Å². The van der Waals surface area contributed by atoms with Crippen LogP contribution in [0.25, 0.3) is 0 Å². The fraction of sp³-hybridized carbons (Fsp3) is 0.250. The molecular weight excluding hydrogens is 384 g/mol. The van der Waals surface area contributed by atoms with Crippen LogP contribution in [0, 0.1) is 0 Å². The lowest BCUT2D eigenvalue weighted by molar-refractivity contribution is 0.0691. The molecule has 0 spiro atoms. The Morgan fingerprint density at radius 2 is 1.83 bits per heavy atom. The highest BCUT2D eigenvalue weighted by molar-refractivity contribution is 5.88. The number of hydrogen-bond donors (Lipinski definition) is 1. The van der Waals surface area contributed by atoms with E-state index < -0.39 is 23.5 Å². The van der Waals surface area contributed by atoms with Crippen molar-refractivity contribution in [1.29, 1.82) is 0 Å². The lowest BCUT2D eigenvalue weighted by Gasteiger charge is -2.09. The first kappa shape index (κ1) is 20.4. The third kappa shape index (κ3) is 4.75. The van der Waals surface area contributed by atoms with E-state index in [0.717, 1.165) is 17.2 Å². The molecule has 7 nitrogen and oxygen atoms in total. The molecule has 1 aromatic carbocycles. The largest absolute Gasteiger partial charge is 0.478 e. The van der Waals surface area contributed by atoms with Crippen LogP contribution in [0.1, 0.15) is 39.2 Å². The zero-order valence-corrected chi connectivity index (χ0v) is 15.6. The van der Waals surface area contributed by atoms with Crippen LogP contribution in [0.3, 0.4) is 0 Å². The van der Waals surface area contributed by atoms with Gasteiger partial charge in [0.05, 0.1) is 25.3 Å². The molecule has 0 aliphatic carbocycles. The summed E-state index contributed by atoms with van der Waals surface area (Å²) in [6.07, 6.45) is 0.0986. The number of carboxylic acids is 1. The van der Waals surface area contributed by atoms with Gasteiger partial charge in [-0.05, 0) is 23.3 Å². The van der Waals surface area contributed by atoms with Crippen molar-refractivity contribution in [1.82, 2.24) is 14.3 Å². The second-order valence-electron chi connectivity index (χ2n) is 6.44. The van der Waals surface area contributed by atoms with Crippen molar-refractivity contribution in [3.05, 3.63) is 87.1 Å². The number of hydrogen-bond acceptors (Lipinski definition) is 4. The monoisotopic (exact) mass is 403 g/mol. The SMILES string of the molecule is COCc1nn(Cc2ccc(Cn3cccc(C(F)F)c3=O)cc2)cc1C(=O)O. The Bertz CT molecular complexity index is 1060. The molecule has 0 amide bonds. The lowest BCUT2D eigenvalue weighted by Crippen LogP contribution is -2.23. The first-order valence-electron chi connectivity index (χ1n) is 8.73. The minimum absolute atomic E-state index is 0.0850. The zero-order chi connectivity index (χ0) is 21.0. The molecule has 29 heavy (non-hydrogen) atoms. The van der Waals surface area contributed by atoms with Gasteiger partial charge in [0.25, 0.3) is 12.0 Å². The standard InChI is InChI=1S/C20H19F2N3O4/c1-29-12-17-16(20(27)28)11-25(23-17)10-14-6-4-13(5-7-14)9-24-8-2-3-15(18(21)22)19(24)26/h2-8,11,18H,9-10,12H2,1H3,(H,27,28). The van der Waals surface area contributed by atoms with E-state index >= 15 is 0 Å². The summed E-state index contributed by atoms with van der Waals surface area (Å²) in [6.45, 7) is 0.619. The van der Waals surface area contributed by atoms with Crippen molar-refractivity contribution in [2.24, 2.45) is 0 Å². The summed E-state index contributed by atoms with van der Waals surface area (Å²) >= 11 is 0. The van der Waals surface area contributed by atoms with Crippen molar-refractivity contribution in [3.63, 3.8) is 0 Å². The van der Waals surface area contributed by atoms with Gasteiger partial charge in [-0.2, -0.15) is 5.10 Å². The van der Waals surface area contributed by atoms with Gasteiger partial charge in [0, 0.05) is 19.5 Å². The molecule has 1 N–H and O–H groups in total. The Morgan fingerprint density at radius 3 is 2.41 bits per heavy atom. The summed E-state index contributed by atoms with van der Waals surface area (Å²) in [4.78, 5) is 23.4. The topological polar surface area (TPSA) is 86.4 Å². The average molecular weight is 403 g/mol. The summed E-state index contributed by atoms with van der Waals surface area (Å²) in [5, 5.41) is 13.5. The maximum Gasteiger partial charge on any atom is 0.339 e. The lowest BCUT2D eigenvalue weighted by atomic mass is 10.1. The van der Waals surface area contributed by atoms with Gasteiger partial charge in [-0.15, -0.1) is 0 Å². The molecule has 0 radical (unpaired) electrons. The molecule has 0 aliphatic heterocycles. The van der Waals surface area contributed by atoms with Crippen LogP contribution in [0.5, 0.6) is 0 Å².